The second-order valence-electron chi connectivity index (χ2n) is 9.01. The number of nitrogens with one attached hydrogen (secondary N) is 1. The molecule has 0 spiro atoms. The van der Waals surface area contributed by atoms with E-state index in [0.717, 1.165) is 45.6 Å². The molecule has 2 heterocycles. The Morgan fingerprint density at radius 2 is 1.78 bits per heavy atom. The van der Waals surface area contributed by atoms with Gasteiger partial charge in [0.1, 0.15) is 0 Å². The SMILES string of the molecule is CCc1cccc(N2C(=O)NC(c3ccc(C)c(C)c3)C(c3nc(-c4ccc(Cl)cc4)no3)=C2C)c1. The molecular weight excluding hydrogens is 472 g/mol. The number of aromatic nitrogens is 2. The third kappa shape index (κ3) is 4.40. The molecule has 0 fully saturated rings. The molecule has 0 bridgehead atoms. The molecule has 0 saturated heterocycles. The summed E-state index contributed by atoms with van der Waals surface area (Å²) in [7, 11) is 0. The van der Waals surface area contributed by atoms with Crippen LogP contribution in [0.2, 0.25) is 5.02 Å². The molecule has 0 saturated carbocycles. The van der Waals surface area contributed by atoms with Crippen LogP contribution in [-0.2, 0) is 6.42 Å². The summed E-state index contributed by atoms with van der Waals surface area (Å²) in [5.41, 5.74) is 7.51. The van der Waals surface area contributed by atoms with Crippen LogP contribution in [0.5, 0.6) is 0 Å². The van der Waals surface area contributed by atoms with Crippen LogP contribution in [0, 0.1) is 13.8 Å². The maximum absolute atomic E-state index is 13.5. The zero-order valence-electron chi connectivity index (χ0n) is 20.7. The number of urea groups is 1. The van der Waals surface area contributed by atoms with Gasteiger partial charge in [0.25, 0.3) is 5.89 Å². The molecule has 1 unspecified atom stereocenters. The molecule has 4 aromatic rings. The summed E-state index contributed by atoms with van der Waals surface area (Å²) >= 11 is 6.05. The Bertz CT molecular complexity index is 1470. The van der Waals surface area contributed by atoms with Gasteiger partial charge >= 0.3 is 6.03 Å². The average Bonchev–Trinajstić information content (AvgIpc) is 3.35. The van der Waals surface area contributed by atoms with Crippen molar-refractivity contribution in [3.63, 3.8) is 0 Å². The van der Waals surface area contributed by atoms with Gasteiger partial charge in [-0.05, 0) is 85.8 Å². The summed E-state index contributed by atoms with van der Waals surface area (Å²) in [5.74, 6) is 0.814. The molecule has 7 heteroatoms. The van der Waals surface area contributed by atoms with Gasteiger partial charge in [-0.1, -0.05) is 54.0 Å². The largest absolute Gasteiger partial charge is 0.334 e. The maximum atomic E-state index is 13.5. The van der Waals surface area contributed by atoms with Crippen LogP contribution >= 0.6 is 11.6 Å². The second-order valence-corrected chi connectivity index (χ2v) is 9.45. The van der Waals surface area contributed by atoms with E-state index in [-0.39, 0.29) is 6.03 Å². The summed E-state index contributed by atoms with van der Waals surface area (Å²) in [6.45, 7) is 8.15. The number of hydrogen-bond donors (Lipinski definition) is 1. The topological polar surface area (TPSA) is 71.3 Å². The highest BCUT2D eigenvalue weighted by Gasteiger charge is 2.36. The molecule has 0 aliphatic carbocycles. The van der Waals surface area contributed by atoms with Gasteiger partial charge in [0.15, 0.2) is 0 Å². The Hall–Kier alpha value is -3.90. The lowest BCUT2D eigenvalue weighted by molar-refractivity contribution is 0.244. The number of hydrogen-bond acceptors (Lipinski definition) is 4. The minimum absolute atomic E-state index is 0.204. The number of anilines is 1. The number of halogens is 1. The average molecular weight is 499 g/mol. The van der Waals surface area contributed by atoms with E-state index in [0.29, 0.717) is 16.7 Å². The first kappa shape index (κ1) is 23.8. The quantitative estimate of drug-likeness (QED) is 0.314. The molecule has 3 aromatic carbocycles. The van der Waals surface area contributed by atoms with E-state index >= 15 is 0 Å². The van der Waals surface area contributed by atoms with Crippen molar-refractivity contribution in [3.05, 3.63) is 106 Å². The van der Waals surface area contributed by atoms with Crippen molar-refractivity contribution in [3.8, 4) is 11.4 Å². The molecule has 6 nitrogen and oxygen atoms in total. The summed E-state index contributed by atoms with van der Waals surface area (Å²) in [4.78, 5) is 19.9. The molecule has 5 rings (SSSR count). The van der Waals surface area contributed by atoms with Gasteiger partial charge in [-0.15, -0.1) is 0 Å². The second kappa shape index (κ2) is 9.63. The predicted octanol–water partition coefficient (Wildman–Crippen LogP) is 7.27. The standard InChI is InChI=1S/C29H27ClN4O2/c1-5-20-7-6-8-24(16-20)34-19(4)25(26(31-29(34)35)22-10-9-17(2)18(3)15-22)28-32-27(33-36-28)21-11-13-23(30)14-12-21/h6-16,26H,5H2,1-4H3,(H,31,35). The highest BCUT2D eigenvalue weighted by molar-refractivity contribution is 6.30. The Morgan fingerprint density at radius 3 is 2.50 bits per heavy atom. The smallest absolute Gasteiger partial charge is 0.326 e. The van der Waals surface area contributed by atoms with Crippen LogP contribution in [-0.4, -0.2) is 16.2 Å². The number of carbonyl (C=O) groups excluding carboxylic acids is 1. The molecule has 36 heavy (non-hydrogen) atoms. The van der Waals surface area contributed by atoms with E-state index in [9.17, 15) is 4.79 Å². The fourth-order valence-corrected chi connectivity index (χ4v) is 4.62. The van der Waals surface area contributed by atoms with Crippen molar-refractivity contribution >= 4 is 28.9 Å². The lowest BCUT2D eigenvalue weighted by Crippen LogP contribution is -2.46. The lowest BCUT2D eigenvalue weighted by Gasteiger charge is -2.35. The van der Waals surface area contributed by atoms with Crippen molar-refractivity contribution in [2.24, 2.45) is 0 Å². The Balaban J connectivity index is 1.66. The van der Waals surface area contributed by atoms with Crippen LogP contribution in [0.4, 0.5) is 10.5 Å². The summed E-state index contributed by atoms with van der Waals surface area (Å²) in [6.07, 6.45) is 0.873. The van der Waals surface area contributed by atoms with E-state index < -0.39 is 6.04 Å². The molecule has 1 aromatic heterocycles. The monoisotopic (exact) mass is 498 g/mol. The number of aryl methyl sites for hydroxylation is 3. The lowest BCUT2D eigenvalue weighted by atomic mass is 9.92. The zero-order chi connectivity index (χ0) is 25.4. The van der Waals surface area contributed by atoms with Gasteiger partial charge in [-0.3, -0.25) is 4.90 Å². The van der Waals surface area contributed by atoms with Gasteiger partial charge in [0.05, 0.1) is 17.3 Å². The van der Waals surface area contributed by atoms with Crippen LogP contribution in [0.1, 0.15) is 48.0 Å². The van der Waals surface area contributed by atoms with Crippen molar-refractivity contribution in [2.75, 3.05) is 4.90 Å². The minimum atomic E-state index is -0.444. The number of amides is 2. The van der Waals surface area contributed by atoms with E-state index in [2.05, 4.69) is 49.4 Å². The predicted molar refractivity (Wildman–Crippen MR) is 143 cm³/mol. The fraction of sp³-hybridized carbons (Fsp3) is 0.207. The van der Waals surface area contributed by atoms with Crippen LogP contribution in [0.25, 0.3) is 17.0 Å². The molecule has 0 radical (unpaired) electrons. The molecule has 1 aliphatic rings. The van der Waals surface area contributed by atoms with Crippen LogP contribution < -0.4 is 10.2 Å². The fourth-order valence-electron chi connectivity index (χ4n) is 4.49. The molecule has 1 N–H and O–H groups in total. The third-order valence-electron chi connectivity index (χ3n) is 6.68. The van der Waals surface area contributed by atoms with Crippen molar-refractivity contribution in [1.82, 2.24) is 15.5 Å². The highest BCUT2D eigenvalue weighted by Crippen LogP contribution is 2.39. The number of rotatable bonds is 5. The van der Waals surface area contributed by atoms with Crippen molar-refractivity contribution in [1.29, 1.82) is 0 Å². The molecular formula is C29H27ClN4O2. The summed E-state index contributed by atoms with van der Waals surface area (Å²) in [6, 6.07) is 20.8. The Labute approximate surface area is 215 Å². The maximum Gasteiger partial charge on any atom is 0.326 e. The molecule has 1 atom stereocenters. The zero-order valence-corrected chi connectivity index (χ0v) is 21.4. The van der Waals surface area contributed by atoms with Gasteiger partial charge in [-0.25, -0.2) is 4.79 Å². The van der Waals surface area contributed by atoms with E-state index in [1.165, 1.54) is 5.56 Å². The summed E-state index contributed by atoms with van der Waals surface area (Å²) in [5, 5.41) is 8.05. The Kier molecular flexibility index (Phi) is 6.37. The minimum Gasteiger partial charge on any atom is -0.334 e. The van der Waals surface area contributed by atoms with Gasteiger partial charge in [0, 0.05) is 16.3 Å². The molecule has 1 aliphatic heterocycles. The molecule has 182 valence electrons. The normalized spacial score (nSPS) is 15.9. The number of benzene rings is 3. The molecule has 2 amide bonds. The van der Waals surface area contributed by atoms with Crippen LogP contribution in [0.3, 0.4) is 0 Å². The first-order valence-electron chi connectivity index (χ1n) is 11.9. The highest BCUT2D eigenvalue weighted by atomic mass is 35.5. The van der Waals surface area contributed by atoms with Crippen LogP contribution in [0.15, 0.2) is 77.0 Å². The van der Waals surface area contributed by atoms with Gasteiger partial charge < -0.3 is 9.84 Å². The van der Waals surface area contributed by atoms with Crippen molar-refractivity contribution < 1.29 is 9.32 Å². The first-order chi connectivity index (χ1) is 17.4. The third-order valence-corrected chi connectivity index (χ3v) is 6.94. The first-order valence-corrected chi connectivity index (χ1v) is 12.3. The van der Waals surface area contributed by atoms with Crippen molar-refractivity contribution in [2.45, 2.75) is 40.2 Å². The van der Waals surface area contributed by atoms with E-state index in [1.54, 1.807) is 17.0 Å². The Morgan fingerprint density at radius 1 is 1.00 bits per heavy atom. The van der Waals surface area contributed by atoms with Gasteiger partial charge in [-0.2, -0.15) is 4.98 Å². The number of carbonyl (C=O) groups is 1. The van der Waals surface area contributed by atoms with Gasteiger partial charge in [0.2, 0.25) is 5.82 Å². The number of allylic oxidation sites excluding steroid dienone is 1. The number of nitrogens with zero attached hydrogens (tertiary/aromatic N) is 3. The van der Waals surface area contributed by atoms with E-state index in [4.69, 9.17) is 21.1 Å². The summed E-state index contributed by atoms with van der Waals surface area (Å²) < 4.78 is 5.80. The van der Waals surface area contributed by atoms with E-state index in [1.807, 2.05) is 43.3 Å².